The molecule has 1 heterocycles. The van der Waals surface area contributed by atoms with Gasteiger partial charge >= 0.3 is 5.97 Å². The molecule has 0 bridgehead atoms. The Morgan fingerprint density at radius 3 is 2.78 bits per heavy atom. The van der Waals surface area contributed by atoms with Gasteiger partial charge in [-0.1, -0.05) is 0 Å². The smallest absolute Gasteiger partial charge is 0.334 e. The lowest BCUT2D eigenvalue weighted by atomic mass is 9.93. The van der Waals surface area contributed by atoms with Crippen molar-refractivity contribution in [1.29, 1.82) is 0 Å². The van der Waals surface area contributed by atoms with Crippen LogP contribution in [0.5, 0.6) is 0 Å². The Balaban J connectivity index is 2.10. The van der Waals surface area contributed by atoms with Crippen LogP contribution in [0.4, 0.5) is 0 Å². The lowest BCUT2D eigenvalue weighted by Gasteiger charge is -2.30. The van der Waals surface area contributed by atoms with Gasteiger partial charge in [0.15, 0.2) is 0 Å². The minimum atomic E-state index is -0.860. The van der Waals surface area contributed by atoms with E-state index in [0.29, 0.717) is 24.0 Å². The molecular formula is C13H16O5. The molecule has 3 aliphatic rings. The molecule has 0 saturated heterocycles. The maximum Gasteiger partial charge on any atom is 0.334 e. The van der Waals surface area contributed by atoms with E-state index in [1.807, 2.05) is 0 Å². The summed E-state index contributed by atoms with van der Waals surface area (Å²) in [5, 5.41) is 10.2. The molecule has 5 heteroatoms. The molecule has 1 fully saturated rings. The van der Waals surface area contributed by atoms with Gasteiger partial charge < -0.3 is 14.6 Å². The average Bonchev–Trinajstić information content (AvgIpc) is 2.85. The van der Waals surface area contributed by atoms with E-state index in [2.05, 4.69) is 0 Å². The molecule has 1 saturated carbocycles. The summed E-state index contributed by atoms with van der Waals surface area (Å²) in [6.07, 6.45) is -0.780. The molecule has 0 unspecified atom stereocenters. The number of carbonyl (C=O) groups is 2. The SMILES string of the molecule is CO[C@H]1C2=C(C(=O)O[C@@H](C)[C@@H]2O)[C@H]2CCC(=O)[C@H]21. The van der Waals surface area contributed by atoms with Crippen molar-refractivity contribution in [2.75, 3.05) is 7.11 Å². The number of Topliss-reactive ketones (excluding diaryl/α,β-unsaturated/α-hetero) is 1. The molecule has 0 amide bonds. The fourth-order valence-corrected chi connectivity index (χ4v) is 3.55. The number of carbonyl (C=O) groups excluding carboxylic acids is 2. The van der Waals surface area contributed by atoms with Gasteiger partial charge in [-0.15, -0.1) is 0 Å². The van der Waals surface area contributed by atoms with E-state index in [1.54, 1.807) is 6.92 Å². The molecule has 98 valence electrons. The second kappa shape index (κ2) is 3.90. The zero-order chi connectivity index (χ0) is 13.0. The highest BCUT2D eigenvalue weighted by Gasteiger charge is 2.56. The van der Waals surface area contributed by atoms with Crippen molar-refractivity contribution < 1.29 is 24.2 Å². The molecule has 18 heavy (non-hydrogen) atoms. The van der Waals surface area contributed by atoms with Crippen molar-refractivity contribution in [2.24, 2.45) is 11.8 Å². The Labute approximate surface area is 105 Å². The van der Waals surface area contributed by atoms with Crippen molar-refractivity contribution in [2.45, 2.75) is 38.1 Å². The van der Waals surface area contributed by atoms with Crippen molar-refractivity contribution in [3.8, 4) is 0 Å². The fourth-order valence-electron chi connectivity index (χ4n) is 3.55. The normalized spacial score (nSPS) is 42.9. The van der Waals surface area contributed by atoms with Gasteiger partial charge in [-0.2, -0.15) is 0 Å². The summed E-state index contributed by atoms with van der Waals surface area (Å²) >= 11 is 0. The molecule has 1 N–H and O–H groups in total. The second-order valence-corrected chi connectivity index (χ2v) is 5.22. The highest BCUT2D eigenvalue weighted by atomic mass is 16.6. The Morgan fingerprint density at radius 1 is 1.39 bits per heavy atom. The third-order valence-corrected chi connectivity index (χ3v) is 4.35. The zero-order valence-corrected chi connectivity index (χ0v) is 10.4. The monoisotopic (exact) mass is 252 g/mol. The number of aliphatic hydroxyl groups excluding tert-OH is 1. The zero-order valence-electron chi connectivity index (χ0n) is 10.4. The molecule has 0 radical (unpaired) electrons. The summed E-state index contributed by atoms with van der Waals surface area (Å²) in [6, 6.07) is 0. The van der Waals surface area contributed by atoms with Crippen LogP contribution in [-0.4, -0.2) is 42.3 Å². The van der Waals surface area contributed by atoms with Crippen molar-refractivity contribution in [3.05, 3.63) is 11.1 Å². The summed E-state index contributed by atoms with van der Waals surface area (Å²) in [6.45, 7) is 1.65. The van der Waals surface area contributed by atoms with Gasteiger partial charge in [-0.05, 0) is 13.3 Å². The number of aliphatic hydroxyl groups is 1. The molecule has 3 rings (SSSR count). The van der Waals surface area contributed by atoms with Crippen LogP contribution in [0.1, 0.15) is 19.8 Å². The van der Waals surface area contributed by atoms with E-state index in [-0.39, 0.29) is 17.6 Å². The van der Waals surface area contributed by atoms with Crippen molar-refractivity contribution in [1.82, 2.24) is 0 Å². The van der Waals surface area contributed by atoms with E-state index in [9.17, 15) is 14.7 Å². The van der Waals surface area contributed by atoms with Gasteiger partial charge in [0, 0.05) is 30.6 Å². The fraction of sp³-hybridized carbons (Fsp3) is 0.692. The summed E-state index contributed by atoms with van der Waals surface area (Å²) in [5.41, 5.74) is 1.06. The number of ketones is 1. The number of methoxy groups -OCH3 is 1. The first-order valence-corrected chi connectivity index (χ1v) is 6.24. The molecule has 1 aliphatic heterocycles. The molecule has 5 atom stereocenters. The van der Waals surface area contributed by atoms with Crippen molar-refractivity contribution >= 4 is 11.8 Å². The topological polar surface area (TPSA) is 72.8 Å². The third-order valence-electron chi connectivity index (χ3n) is 4.35. The first-order chi connectivity index (χ1) is 8.56. The summed E-state index contributed by atoms with van der Waals surface area (Å²) in [4.78, 5) is 23.9. The highest BCUT2D eigenvalue weighted by molar-refractivity contribution is 5.97. The summed E-state index contributed by atoms with van der Waals surface area (Å²) < 4.78 is 10.5. The predicted octanol–water partition coefficient (Wildman–Crippen LogP) is 0.213. The van der Waals surface area contributed by atoms with Crippen molar-refractivity contribution in [3.63, 3.8) is 0 Å². The first-order valence-electron chi connectivity index (χ1n) is 6.24. The minimum Gasteiger partial charge on any atom is -0.456 e. The number of cyclic esters (lactones) is 1. The largest absolute Gasteiger partial charge is 0.456 e. The molecule has 5 nitrogen and oxygen atoms in total. The molecule has 0 spiro atoms. The summed E-state index contributed by atoms with van der Waals surface area (Å²) in [5.74, 6) is -0.722. The lowest BCUT2D eigenvalue weighted by Crippen LogP contribution is -2.40. The predicted molar refractivity (Wildman–Crippen MR) is 60.6 cm³/mol. The van der Waals surface area contributed by atoms with Crippen LogP contribution in [0.2, 0.25) is 0 Å². The quantitative estimate of drug-likeness (QED) is 0.675. The van der Waals surface area contributed by atoms with Crippen LogP contribution in [0.25, 0.3) is 0 Å². The van der Waals surface area contributed by atoms with E-state index in [0.717, 1.165) is 0 Å². The molecule has 0 aromatic carbocycles. The van der Waals surface area contributed by atoms with Crippen LogP contribution in [0.15, 0.2) is 11.1 Å². The van der Waals surface area contributed by atoms with Crippen LogP contribution >= 0.6 is 0 Å². The summed E-state index contributed by atoms with van der Waals surface area (Å²) in [7, 11) is 1.51. The number of fused-ring (bicyclic) bond motifs is 2. The van der Waals surface area contributed by atoms with Gasteiger partial charge in [0.05, 0.1) is 12.0 Å². The number of rotatable bonds is 1. The molecule has 2 aliphatic carbocycles. The Morgan fingerprint density at radius 2 is 2.11 bits per heavy atom. The minimum absolute atomic E-state index is 0.119. The van der Waals surface area contributed by atoms with Gasteiger partial charge in [-0.25, -0.2) is 4.79 Å². The first kappa shape index (κ1) is 11.9. The van der Waals surface area contributed by atoms with Crippen LogP contribution < -0.4 is 0 Å². The number of hydrogen-bond donors (Lipinski definition) is 1. The lowest BCUT2D eigenvalue weighted by molar-refractivity contribution is -0.151. The van der Waals surface area contributed by atoms with Gasteiger partial charge in [-0.3, -0.25) is 4.79 Å². The second-order valence-electron chi connectivity index (χ2n) is 5.22. The highest BCUT2D eigenvalue weighted by Crippen LogP contribution is 2.50. The van der Waals surface area contributed by atoms with E-state index < -0.39 is 24.3 Å². The number of ether oxygens (including phenoxy) is 2. The average molecular weight is 252 g/mol. The van der Waals surface area contributed by atoms with Gasteiger partial charge in [0.1, 0.15) is 18.0 Å². The Bertz CT molecular complexity index is 452. The molecule has 0 aromatic rings. The maximum absolute atomic E-state index is 12.0. The van der Waals surface area contributed by atoms with Gasteiger partial charge in [0.2, 0.25) is 0 Å². The van der Waals surface area contributed by atoms with Gasteiger partial charge in [0.25, 0.3) is 0 Å². The Kier molecular flexibility index (Phi) is 2.57. The number of esters is 1. The van der Waals surface area contributed by atoms with Crippen LogP contribution in [-0.2, 0) is 19.1 Å². The van der Waals surface area contributed by atoms with E-state index >= 15 is 0 Å². The van der Waals surface area contributed by atoms with E-state index in [1.165, 1.54) is 7.11 Å². The van der Waals surface area contributed by atoms with Crippen LogP contribution in [0, 0.1) is 11.8 Å². The Hall–Kier alpha value is -1.20. The van der Waals surface area contributed by atoms with Crippen LogP contribution in [0.3, 0.4) is 0 Å². The third kappa shape index (κ3) is 1.34. The standard InChI is InChI=1S/C13H16O5/c1-5-11(15)10-9(13(16)18-5)6-3-4-7(14)8(6)12(10)17-2/h5-6,8,11-12,15H,3-4H2,1-2H3/t5-,6-,8-,11-,12+/m0/s1. The molecular weight excluding hydrogens is 236 g/mol. The van der Waals surface area contributed by atoms with E-state index in [4.69, 9.17) is 9.47 Å². The maximum atomic E-state index is 12.0. The molecule has 0 aromatic heterocycles. The number of hydrogen-bond acceptors (Lipinski definition) is 5.